The van der Waals surface area contributed by atoms with Crippen molar-refractivity contribution in [2.75, 3.05) is 31.2 Å². The summed E-state index contributed by atoms with van der Waals surface area (Å²) < 4.78 is 27.3. The van der Waals surface area contributed by atoms with Crippen molar-refractivity contribution in [2.45, 2.75) is 4.90 Å². The second kappa shape index (κ2) is 4.36. The second-order valence-corrected chi connectivity index (χ2v) is 5.06. The van der Waals surface area contributed by atoms with Crippen molar-refractivity contribution in [2.24, 2.45) is 5.14 Å². The highest BCUT2D eigenvalue weighted by Crippen LogP contribution is 2.14. The molecule has 16 heavy (non-hydrogen) atoms. The smallest absolute Gasteiger partial charge is 0.239 e. The molecule has 0 atom stereocenters. The molecule has 6 nitrogen and oxygen atoms in total. The van der Waals surface area contributed by atoms with E-state index in [1.54, 1.807) is 6.07 Å². The van der Waals surface area contributed by atoms with Gasteiger partial charge in [0.2, 0.25) is 10.0 Å². The number of morpholine rings is 1. The Balaban J connectivity index is 2.18. The van der Waals surface area contributed by atoms with Gasteiger partial charge in [-0.15, -0.1) is 0 Å². The van der Waals surface area contributed by atoms with E-state index in [4.69, 9.17) is 9.88 Å². The number of primary sulfonamides is 1. The number of rotatable bonds is 2. The molecule has 1 fully saturated rings. The van der Waals surface area contributed by atoms with Gasteiger partial charge >= 0.3 is 0 Å². The van der Waals surface area contributed by atoms with Gasteiger partial charge in [-0.1, -0.05) is 0 Å². The predicted molar refractivity (Wildman–Crippen MR) is 58.6 cm³/mol. The summed E-state index contributed by atoms with van der Waals surface area (Å²) in [6.07, 6.45) is 1.28. The Labute approximate surface area is 94.1 Å². The maximum Gasteiger partial charge on any atom is 0.239 e. The molecule has 1 aliphatic rings. The third-order valence-electron chi connectivity index (χ3n) is 2.38. The van der Waals surface area contributed by atoms with Gasteiger partial charge in [-0.25, -0.2) is 18.5 Å². The van der Waals surface area contributed by atoms with Crippen LogP contribution in [0.4, 0.5) is 5.82 Å². The zero-order valence-electron chi connectivity index (χ0n) is 8.67. The number of pyridine rings is 1. The van der Waals surface area contributed by atoms with E-state index in [2.05, 4.69) is 4.98 Å². The van der Waals surface area contributed by atoms with E-state index >= 15 is 0 Å². The standard InChI is InChI=1S/C9H13N3O3S/c10-16(13,14)8-1-2-9(11-7-8)12-3-5-15-6-4-12/h1-2,7H,3-6H2,(H2,10,13,14). The average Bonchev–Trinajstić information content (AvgIpc) is 2.29. The average molecular weight is 243 g/mol. The van der Waals surface area contributed by atoms with Gasteiger partial charge in [0.25, 0.3) is 0 Å². The first-order valence-corrected chi connectivity index (χ1v) is 6.43. The van der Waals surface area contributed by atoms with Crippen molar-refractivity contribution < 1.29 is 13.2 Å². The molecule has 0 aliphatic carbocycles. The summed E-state index contributed by atoms with van der Waals surface area (Å²) in [6.45, 7) is 2.86. The molecule has 0 amide bonds. The Morgan fingerprint density at radius 3 is 2.50 bits per heavy atom. The summed E-state index contributed by atoms with van der Waals surface area (Å²) >= 11 is 0. The number of hydrogen-bond donors (Lipinski definition) is 1. The highest BCUT2D eigenvalue weighted by molar-refractivity contribution is 7.89. The van der Waals surface area contributed by atoms with Crippen LogP contribution in [0.15, 0.2) is 23.2 Å². The number of ether oxygens (including phenoxy) is 1. The molecule has 7 heteroatoms. The number of anilines is 1. The molecule has 2 heterocycles. The maximum absolute atomic E-state index is 11.0. The lowest BCUT2D eigenvalue weighted by molar-refractivity contribution is 0.122. The normalized spacial score (nSPS) is 17.4. The number of hydrogen-bond acceptors (Lipinski definition) is 5. The second-order valence-electron chi connectivity index (χ2n) is 3.50. The van der Waals surface area contributed by atoms with Crippen LogP contribution in [0.1, 0.15) is 0 Å². The summed E-state index contributed by atoms with van der Waals surface area (Å²) in [5, 5.41) is 4.98. The zero-order chi connectivity index (χ0) is 11.6. The molecule has 0 bridgehead atoms. The van der Waals surface area contributed by atoms with E-state index in [1.165, 1.54) is 12.3 Å². The van der Waals surface area contributed by atoms with Crippen LogP contribution in [-0.4, -0.2) is 39.7 Å². The monoisotopic (exact) mass is 243 g/mol. The lowest BCUT2D eigenvalue weighted by Crippen LogP contribution is -2.36. The van der Waals surface area contributed by atoms with Gasteiger partial charge in [-0.2, -0.15) is 0 Å². The van der Waals surface area contributed by atoms with Gasteiger partial charge in [0.05, 0.1) is 13.2 Å². The SMILES string of the molecule is NS(=O)(=O)c1ccc(N2CCOCC2)nc1. The summed E-state index contributed by atoms with van der Waals surface area (Å²) in [4.78, 5) is 6.15. The van der Waals surface area contributed by atoms with Crippen molar-refractivity contribution in [1.29, 1.82) is 0 Å². The van der Waals surface area contributed by atoms with Crippen LogP contribution in [0.2, 0.25) is 0 Å². The molecule has 0 aromatic carbocycles. The Bertz CT molecular complexity index is 451. The van der Waals surface area contributed by atoms with E-state index in [1.807, 2.05) is 4.90 Å². The molecule has 0 unspecified atom stereocenters. The lowest BCUT2D eigenvalue weighted by atomic mass is 10.4. The summed E-state index contributed by atoms with van der Waals surface area (Å²) in [7, 11) is -3.66. The number of nitrogens with two attached hydrogens (primary N) is 1. The van der Waals surface area contributed by atoms with Crippen LogP contribution in [0.3, 0.4) is 0 Å². The largest absolute Gasteiger partial charge is 0.378 e. The third kappa shape index (κ3) is 2.49. The van der Waals surface area contributed by atoms with Crippen molar-refractivity contribution >= 4 is 15.8 Å². The maximum atomic E-state index is 11.0. The summed E-state index contributed by atoms with van der Waals surface area (Å²) in [6, 6.07) is 3.12. The van der Waals surface area contributed by atoms with Crippen LogP contribution >= 0.6 is 0 Å². The van der Waals surface area contributed by atoms with E-state index < -0.39 is 10.0 Å². The van der Waals surface area contributed by atoms with Crippen LogP contribution in [0.25, 0.3) is 0 Å². The molecule has 0 saturated carbocycles. The molecule has 1 aromatic heterocycles. The quantitative estimate of drug-likeness (QED) is 0.761. The first-order chi connectivity index (χ1) is 7.57. The number of aromatic nitrogens is 1. The third-order valence-corrected chi connectivity index (χ3v) is 3.28. The fourth-order valence-electron chi connectivity index (χ4n) is 1.52. The minimum Gasteiger partial charge on any atom is -0.378 e. The first-order valence-electron chi connectivity index (χ1n) is 4.89. The van der Waals surface area contributed by atoms with Gasteiger partial charge < -0.3 is 9.64 Å². The molecular weight excluding hydrogens is 230 g/mol. The van der Waals surface area contributed by atoms with Crippen LogP contribution < -0.4 is 10.0 Å². The van der Waals surface area contributed by atoms with Crippen molar-refractivity contribution in [3.8, 4) is 0 Å². The predicted octanol–water partition coefficient (Wildman–Crippen LogP) is -0.434. The fourth-order valence-corrected chi connectivity index (χ4v) is 1.98. The highest BCUT2D eigenvalue weighted by Gasteiger charge is 2.13. The molecule has 0 radical (unpaired) electrons. The highest BCUT2D eigenvalue weighted by atomic mass is 32.2. The zero-order valence-corrected chi connectivity index (χ0v) is 9.48. The summed E-state index contributed by atoms with van der Waals surface area (Å²) in [5.41, 5.74) is 0. The van der Waals surface area contributed by atoms with Crippen molar-refractivity contribution in [1.82, 2.24) is 4.98 Å². The number of sulfonamides is 1. The van der Waals surface area contributed by atoms with E-state index in [0.717, 1.165) is 18.9 Å². The molecular formula is C9H13N3O3S. The van der Waals surface area contributed by atoms with Crippen LogP contribution in [0.5, 0.6) is 0 Å². The van der Waals surface area contributed by atoms with Gasteiger partial charge in [-0.05, 0) is 12.1 Å². The molecule has 2 N–H and O–H groups in total. The lowest BCUT2D eigenvalue weighted by Gasteiger charge is -2.27. The minimum absolute atomic E-state index is 0.0320. The van der Waals surface area contributed by atoms with Crippen LogP contribution in [0, 0.1) is 0 Å². The van der Waals surface area contributed by atoms with E-state index in [0.29, 0.717) is 13.2 Å². The Hall–Kier alpha value is -1.18. The molecule has 1 aromatic rings. The Morgan fingerprint density at radius 1 is 1.31 bits per heavy atom. The number of nitrogens with zero attached hydrogens (tertiary/aromatic N) is 2. The van der Waals surface area contributed by atoms with Crippen LogP contribution in [-0.2, 0) is 14.8 Å². The Kier molecular flexibility index (Phi) is 3.08. The van der Waals surface area contributed by atoms with Gasteiger partial charge in [0.1, 0.15) is 10.7 Å². The van der Waals surface area contributed by atoms with Crippen molar-refractivity contribution in [3.05, 3.63) is 18.3 Å². The first kappa shape index (κ1) is 11.3. The van der Waals surface area contributed by atoms with Gasteiger partial charge in [-0.3, -0.25) is 0 Å². The summed E-state index contributed by atoms with van der Waals surface area (Å²) in [5.74, 6) is 0.746. The molecule has 2 rings (SSSR count). The van der Waals surface area contributed by atoms with Gasteiger partial charge in [0, 0.05) is 19.3 Å². The molecule has 88 valence electrons. The van der Waals surface area contributed by atoms with E-state index in [-0.39, 0.29) is 4.90 Å². The minimum atomic E-state index is -3.66. The Morgan fingerprint density at radius 2 is 2.00 bits per heavy atom. The van der Waals surface area contributed by atoms with E-state index in [9.17, 15) is 8.42 Å². The molecule has 0 spiro atoms. The molecule has 1 aliphatic heterocycles. The van der Waals surface area contributed by atoms with Gasteiger partial charge in [0.15, 0.2) is 0 Å². The topological polar surface area (TPSA) is 85.5 Å². The van der Waals surface area contributed by atoms with Crippen molar-refractivity contribution in [3.63, 3.8) is 0 Å². The fraction of sp³-hybridized carbons (Fsp3) is 0.444. The molecule has 1 saturated heterocycles.